The van der Waals surface area contributed by atoms with Gasteiger partial charge in [0, 0.05) is 45.3 Å². The number of amides is 2. The fraction of sp³-hybridized carbons (Fsp3) is 0.500. The summed E-state index contributed by atoms with van der Waals surface area (Å²) in [5.41, 5.74) is 1.81. The number of carbonyl (C=O) groups is 2. The first-order valence-corrected chi connectivity index (χ1v) is 11.8. The number of rotatable bonds is 5. The minimum atomic E-state index is -0.0798. The van der Waals surface area contributed by atoms with E-state index in [9.17, 15) is 9.59 Å². The third-order valence-electron chi connectivity index (χ3n) is 6.44. The van der Waals surface area contributed by atoms with E-state index in [1.807, 2.05) is 34.4 Å². The van der Waals surface area contributed by atoms with Gasteiger partial charge in [0.1, 0.15) is 5.69 Å². The van der Waals surface area contributed by atoms with Gasteiger partial charge in [0.2, 0.25) is 5.91 Å². The van der Waals surface area contributed by atoms with Gasteiger partial charge in [0.05, 0.1) is 43.2 Å². The second-order valence-electron chi connectivity index (χ2n) is 9.01. The molecule has 5 heterocycles. The van der Waals surface area contributed by atoms with Crippen molar-refractivity contribution in [2.24, 2.45) is 0 Å². The molecule has 2 amide bonds. The van der Waals surface area contributed by atoms with Gasteiger partial charge in [-0.2, -0.15) is 5.10 Å². The Morgan fingerprint density at radius 3 is 2.47 bits per heavy atom. The molecule has 0 spiro atoms. The fourth-order valence-electron chi connectivity index (χ4n) is 4.50. The van der Waals surface area contributed by atoms with Crippen LogP contribution in [0.1, 0.15) is 30.2 Å². The standard InChI is InChI=1S/C24H30N6O4/c1-17(2)30-23-19(15-25-30)18(14-20(26-23)21-4-3-11-34-21)24(32)29-7-5-28(6-8-29)22(31)16-27-9-12-33-13-10-27/h3-4,11,14-15,17H,5-10,12-13,16H2,1-2H3. The number of hydrogen-bond donors (Lipinski definition) is 0. The SMILES string of the molecule is CC(C)n1ncc2c(C(=O)N3CCN(C(=O)CN4CCOCC4)CC3)cc(-c3ccco3)nc21. The summed E-state index contributed by atoms with van der Waals surface area (Å²) in [7, 11) is 0. The predicted octanol–water partition coefficient (Wildman–Crippen LogP) is 1.89. The maximum absolute atomic E-state index is 13.6. The first-order valence-electron chi connectivity index (χ1n) is 11.8. The molecule has 0 aromatic carbocycles. The number of nitrogens with zero attached hydrogens (tertiary/aromatic N) is 6. The zero-order valence-electron chi connectivity index (χ0n) is 19.6. The van der Waals surface area contributed by atoms with E-state index >= 15 is 0 Å². The highest BCUT2D eigenvalue weighted by molar-refractivity contribution is 6.06. The molecule has 0 aliphatic carbocycles. The Hall–Kier alpha value is -3.24. The topological polar surface area (TPSA) is 96.9 Å². The first kappa shape index (κ1) is 22.5. The molecular formula is C24H30N6O4. The molecule has 0 bridgehead atoms. The van der Waals surface area contributed by atoms with Crippen LogP contribution >= 0.6 is 0 Å². The molecule has 180 valence electrons. The summed E-state index contributed by atoms with van der Waals surface area (Å²) in [6.45, 7) is 9.41. The van der Waals surface area contributed by atoms with E-state index in [1.54, 1.807) is 24.6 Å². The molecule has 0 N–H and O–H groups in total. The zero-order chi connectivity index (χ0) is 23.7. The average molecular weight is 467 g/mol. The summed E-state index contributed by atoms with van der Waals surface area (Å²) in [5, 5.41) is 5.20. The summed E-state index contributed by atoms with van der Waals surface area (Å²) in [6.07, 6.45) is 3.30. The molecule has 2 aliphatic heterocycles. The number of aromatic nitrogens is 3. The van der Waals surface area contributed by atoms with Gasteiger partial charge >= 0.3 is 0 Å². The van der Waals surface area contributed by atoms with E-state index in [0.29, 0.717) is 68.6 Å². The molecule has 34 heavy (non-hydrogen) atoms. The second kappa shape index (κ2) is 9.55. The lowest BCUT2D eigenvalue weighted by Crippen LogP contribution is -2.53. The maximum Gasteiger partial charge on any atom is 0.254 e. The number of fused-ring (bicyclic) bond motifs is 1. The van der Waals surface area contributed by atoms with Crippen LogP contribution in [0.4, 0.5) is 0 Å². The molecule has 0 atom stereocenters. The molecule has 3 aromatic rings. The molecule has 2 aliphatic rings. The van der Waals surface area contributed by atoms with Gasteiger partial charge in [-0.05, 0) is 32.0 Å². The highest BCUT2D eigenvalue weighted by atomic mass is 16.5. The van der Waals surface area contributed by atoms with Crippen molar-refractivity contribution in [3.8, 4) is 11.5 Å². The molecule has 0 unspecified atom stereocenters. The zero-order valence-corrected chi connectivity index (χ0v) is 19.6. The summed E-state index contributed by atoms with van der Waals surface area (Å²) in [6, 6.07) is 5.51. The van der Waals surface area contributed by atoms with E-state index in [-0.39, 0.29) is 17.9 Å². The van der Waals surface area contributed by atoms with Gasteiger partial charge in [-0.25, -0.2) is 9.67 Å². The van der Waals surface area contributed by atoms with Crippen molar-refractivity contribution in [3.05, 3.63) is 36.2 Å². The number of ether oxygens (including phenoxy) is 1. The Bertz CT molecular complexity index is 1160. The fourth-order valence-corrected chi connectivity index (χ4v) is 4.50. The molecule has 10 nitrogen and oxygen atoms in total. The van der Waals surface area contributed by atoms with E-state index in [4.69, 9.17) is 14.1 Å². The van der Waals surface area contributed by atoms with Gasteiger partial charge < -0.3 is 19.0 Å². The highest BCUT2D eigenvalue weighted by Gasteiger charge is 2.28. The second-order valence-corrected chi connectivity index (χ2v) is 9.01. The summed E-state index contributed by atoms with van der Waals surface area (Å²) >= 11 is 0. The molecule has 5 rings (SSSR count). The lowest BCUT2D eigenvalue weighted by Gasteiger charge is -2.36. The predicted molar refractivity (Wildman–Crippen MR) is 125 cm³/mol. The van der Waals surface area contributed by atoms with Crippen molar-refractivity contribution >= 4 is 22.8 Å². The Morgan fingerprint density at radius 2 is 1.79 bits per heavy atom. The van der Waals surface area contributed by atoms with Crippen LogP contribution < -0.4 is 0 Å². The van der Waals surface area contributed by atoms with Crippen molar-refractivity contribution < 1.29 is 18.7 Å². The summed E-state index contributed by atoms with van der Waals surface area (Å²) in [5.74, 6) is 0.633. The van der Waals surface area contributed by atoms with E-state index in [1.165, 1.54) is 0 Å². The lowest BCUT2D eigenvalue weighted by atomic mass is 10.1. The number of morpholine rings is 1. The van der Waals surface area contributed by atoms with Crippen LogP contribution in [-0.2, 0) is 9.53 Å². The smallest absolute Gasteiger partial charge is 0.254 e. The molecule has 2 saturated heterocycles. The Kier molecular flexibility index (Phi) is 6.34. The number of furan rings is 1. The van der Waals surface area contributed by atoms with Crippen molar-refractivity contribution in [3.63, 3.8) is 0 Å². The summed E-state index contributed by atoms with van der Waals surface area (Å²) < 4.78 is 12.7. The van der Waals surface area contributed by atoms with Gasteiger partial charge in [0.25, 0.3) is 5.91 Å². The van der Waals surface area contributed by atoms with E-state index < -0.39 is 0 Å². The van der Waals surface area contributed by atoms with Gasteiger partial charge in [-0.1, -0.05) is 0 Å². The number of carbonyl (C=O) groups excluding carboxylic acids is 2. The van der Waals surface area contributed by atoms with Crippen LogP contribution in [0, 0.1) is 0 Å². The van der Waals surface area contributed by atoms with Crippen LogP contribution in [0.25, 0.3) is 22.5 Å². The highest BCUT2D eigenvalue weighted by Crippen LogP contribution is 2.27. The molecule has 10 heteroatoms. The van der Waals surface area contributed by atoms with Crippen LogP contribution in [0.3, 0.4) is 0 Å². The number of piperazine rings is 1. The quantitative estimate of drug-likeness (QED) is 0.566. The van der Waals surface area contributed by atoms with Crippen molar-refractivity contribution in [2.75, 3.05) is 59.0 Å². The summed E-state index contributed by atoms with van der Waals surface area (Å²) in [4.78, 5) is 36.9. The van der Waals surface area contributed by atoms with Crippen LogP contribution in [0.15, 0.2) is 35.1 Å². The minimum Gasteiger partial charge on any atom is -0.463 e. The van der Waals surface area contributed by atoms with E-state index in [2.05, 4.69) is 10.00 Å². The minimum absolute atomic E-state index is 0.0798. The maximum atomic E-state index is 13.6. The van der Waals surface area contributed by atoms with E-state index in [0.717, 1.165) is 18.5 Å². The third-order valence-corrected chi connectivity index (χ3v) is 6.44. The molecular weight excluding hydrogens is 436 g/mol. The van der Waals surface area contributed by atoms with Gasteiger partial charge in [-0.15, -0.1) is 0 Å². The monoisotopic (exact) mass is 466 g/mol. The molecule has 0 radical (unpaired) electrons. The molecule has 2 fully saturated rings. The average Bonchev–Trinajstić information content (AvgIpc) is 3.54. The van der Waals surface area contributed by atoms with Crippen molar-refractivity contribution in [2.45, 2.75) is 19.9 Å². The van der Waals surface area contributed by atoms with Crippen LogP contribution in [0.5, 0.6) is 0 Å². The Balaban J connectivity index is 1.34. The normalized spacial score (nSPS) is 17.6. The van der Waals surface area contributed by atoms with Gasteiger partial charge in [0.15, 0.2) is 11.4 Å². The molecule has 0 saturated carbocycles. The number of hydrogen-bond acceptors (Lipinski definition) is 7. The van der Waals surface area contributed by atoms with Crippen molar-refractivity contribution in [1.29, 1.82) is 0 Å². The van der Waals surface area contributed by atoms with Crippen LogP contribution in [0.2, 0.25) is 0 Å². The molecule has 3 aromatic heterocycles. The third kappa shape index (κ3) is 4.43. The lowest BCUT2D eigenvalue weighted by molar-refractivity contribution is -0.134. The van der Waals surface area contributed by atoms with Gasteiger partial charge in [-0.3, -0.25) is 14.5 Å². The Morgan fingerprint density at radius 1 is 1.06 bits per heavy atom. The first-order chi connectivity index (χ1) is 16.5. The Labute approximate surface area is 198 Å². The number of pyridine rings is 1. The van der Waals surface area contributed by atoms with Crippen LogP contribution in [-0.4, -0.2) is 100 Å². The largest absolute Gasteiger partial charge is 0.463 e. The van der Waals surface area contributed by atoms with Crippen molar-refractivity contribution in [1.82, 2.24) is 29.5 Å².